The van der Waals surface area contributed by atoms with Crippen molar-refractivity contribution in [2.45, 2.75) is 31.9 Å². The number of rotatable bonds is 4. The van der Waals surface area contributed by atoms with Gasteiger partial charge in [-0.25, -0.2) is 13.2 Å². The van der Waals surface area contributed by atoms with Crippen molar-refractivity contribution in [1.29, 1.82) is 0 Å². The molecule has 0 rings (SSSR count). The molecule has 0 aromatic carbocycles. The number of carbonyl (C=O) groups is 1. The monoisotopic (exact) mass is 286 g/mol. The summed E-state index contributed by atoms with van der Waals surface area (Å²) in [4.78, 5) is 11.4. The van der Waals surface area contributed by atoms with E-state index in [4.69, 9.17) is 0 Å². The molecule has 0 heterocycles. The molecule has 0 fully saturated rings. The molecule has 0 saturated heterocycles. The molecule has 2 atom stereocenters. The highest BCUT2D eigenvalue weighted by molar-refractivity contribution is 9.06. The summed E-state index contributed by atoms with van der Waals surface area (Å²) in [6.07, 6.45) is 1.63. The van der Waals surface area contributed by atoms with Gasteiger partial charge in [-0.15, -0.1) is 0 Å². The Morgan fingerprint density at radius 3 is 2.21 bits per heavy atom. The van der Waals surface area contributed by atoms with Gasteiger partial charge in [0.05, 0.1) is 0 Å². The second-order valence-electron chi connectivity index (χ2n) is 3.55. The molecule has 84 valence electrons. The van der Waals surface area contributed by atoms with Gasteiger partial charge in [0.25, 0.3) is 0 Å². The Labute approximate surface area is 93.4 Å². The Morgan fingerprint density at radius 2 is 2.00 bits per heavy atom. The lowest BCUT2D eigenvalue weighted by atomic mass is 9.93. The van der Waals surface area contributed by atoms with Gasteiger partial charge in [-0.1, -0.05) is 20.3 Å². The minimum atomic E-state index is -3.49. The average molecular weight is 287 g/mol. The van der Waals surface area contributed by atoms with Crippen LogP contribution in [0.4, 0.5) is 0 Å². The average Bonchev–Trinajstić information content (AvgIpc) is 2.12. The highest BCUT2D eigenvalue weighted by atomic mass is 79.9. The summed E-state index contributed by atoms with van der Waals surface area (Å²) in [6.45, 7) is 4.93. The molecule has 14 heavy (non-hydrogen) atoms. The Balaban J connectivity index is 5.39. The third-order valence-electron chi connectivity index (χ3n) is 2.80. The Hall–Kier alpha value is -0.100. The molecule has 0 amide bonds. The first-order valence-corrected chi connectivity index (χ1v) is 6.78. The maximum Gasteiger partial charge on any atom is 0.338 e. The quantitative estimate of drug-likeness (QED) is 0.789. The van der Waals surface area contributed by atoms with Gasteiger partial charge in [0.15, 0.2) is 30.8 Å². The third-order valence-corrected chi connectivity index (χ3v) is 5.20. The van der Waals surface area contributed by atoms with Crippen LogP contribution < -0.4 is 0 Å². The summed E-state index contributed by atoms with van der Waals surface area (Å²) < 4.78 is 25.9. The maximum atomic E-state index is 11.5. The lowest BCUT2D eigenvalue weighted by Crippen LogP contribution is -2.48. The van der Waals surface area contributed by atoms with Crippen molar-refractivity contribution in [3.05, 3.63) is 0 Å². The SMILES string of the molecule is CCC(C)C(C)(C(=O)OBr)S(C)(=O)=O. The molecule has 0 aliphatic heterocycles. The van der Waals surface area contributed by atoms with Crippen LogP contribution in [-0.2, 0) is 18.5 Å². The van der Waals surface area contributed by atoms with Crippen LogP contribution in [0, 0.1) is 5.92 Å². The maximum absolute atomic E-state index is 11.5. The van der Waals surface area contributed by atoms with Gasteiger partial charge in [-0.05, 0) is 12.8 Å². The van der Waals surface area contributed by atoms with E-state index in [9.17, 15) is 13.2 Å². The fourth-order valence-corrected chi connectivity index (χ4v) is 2.87. The van der Waals surface area contributed by atoms with Crippen molar-refractivity contribution < 1.29 is 17.0 Å². The largest absolute Gasteiger partial charge is 0.382 e. The van der Waals surface area contributed by atoms with Crippen LogP contribution in [-0.4, -0.2) is 25.4 Å². The number of halogens is 1. The second kappa shape index (κ2) is 4.61. The molecule has 0 N–H and O–H groups in total. The van der Waals surface area contributed by atoms with E-state index in [1.54, 1.807) is 6.92 Å². The first-order chi connectivity index (χ1) is 6.21. The number of hydrogen-bond acceptors (Lipinski definition) is 4. The van der Waals surface area contributed by atoms with Crippen LogP contribution in [0.5, 0.6) is 0 Å². The van der Waals surface area contributed by atoms with Gasteiger partial charge < -0.3 is 3.83 Å². The molecule has 0 spiro atoms. The predicted octanol–water partition coefficient (Wildman–Crippen LogP) is 1.69. The van der Waals surface area contributed by atoms with E-state index in [2.05, 4.69) is 20.1 Å². The van der Waals surface area contributed by atoms with Gasteiger partial charge in [-0.2, -0.15) is 0 Å². The molecule has 0 aromatic heterocycles. The van der Waals surface area contributed by atoms with Gasteiger partial charge in [-0.3, -0.25) is 0 Å². The van der Waals surface area contributed by atoms with Crippen LogP contribution in [0.15, 0.2) is 0 Å². The molecular formula is C8H15BrO4S. The summed E-state index contributed by atoms with van der Waals surface area (Å²) in [5.74, 6) is -1.06. The fraction of sp³-hybridized carbons (Fsp3) is 0.875. The lowest BCUT2D eigenvalue weighted by Gasteiger charge is -2.29. The van der Waals surface area contributed by atoms with Crippen molar-refractivity contribution >= 4 is 32.1 Å². The number of hydrogen-bond donors (Lipinski definition) is 0. The minimum absolute atomic E-state index is 0.289. The minimum Gasteiger partial charge on any atom is -0.382 e. The molecule has 6 heteroatoms. The van der Waals surface area contributed by atoms with E-state index in [1.807, 2.05) is 6.92 Å². The first-order valence-electron chi connectivity index (χ1n) is 4.24. The molecule has 0 bridgehead atoms. The Bertz CT molecular complexity index is 311. The van der Waals surface area contributed by atoms with E-state index in [0.717, 1.165) is 6.26 Å². The fourth-order valence-electron chi connectivity index (χ4n) is 1.18. The van der Waals surface area contributed by atoms with Gasteiger partial charge in [0, 0.05) is 6.26 Å². The molecular weight excluding hydrogens is 272 g/mol. The van der Waals surface area contributed by atoms with Crippen LogP contribution in [0.25, 0.3) is 0 Å². The van der Waals surface area contributed by atoms with Gasteiger partial charge >= 0.3 is 5.97 Å². The zero-order valence-corrected chi connectivity index (χ0v) is 11.1. The van der Waals surface area contributed by atoms with Crippen molar-refractivity contribution in [1.82, 2.24) is 0 Å². The Morgan fingerprint density at radius 1 is 1.57 bits per heavy atom. The summed E-state index contributed by atoms with van der Waals surface area (Å²) in [5.41, 5.74) is 0. The van der Waals surface area contributed by atoms with E-state index >= 15 is 0 Å². The van der Waals surface area contributed by atoms with Crippen LogP contribution in [0.1, 0.15) is 27.2 Å². The predicted molar refractivity (Wildman–Crippen MR) is 57.7 cm³/mol. The zero-order valence-electron chi connectivity index (χ0n) is 8.70. The standard InChI is InChI=1S/C8H15BrO4S/c1-5-6(2)8(3,7(10)13-9)14(4,11)12/h6H,5H2,1-4H3. The normalized spacial score (nSPS) is 18.4. The smallest absolute Gasteiger partial charge is 0.338 e. The summed E-state index contributed by atoms with van der Waals surface area (Å²) in [6, 6.07) is 0. The van der Waals surface area contributed by atoms with Crippen LogP contribution in [0.2, 0.25) is 0 Å². The first kappa shape index (κ1) is 13.9. The molecule has 0 radical (unpaired) electrons. The highest BCUT2D eigenvalue weighted by Gasteiger charge is 2.48. The molecule has 0 aliphatic carbocycles. The molecule has 4 nitrogen and oxygen atoms in total. The number of sulfone groups is 1. The third kappa shape index (κ3) is 2.28. The molecule has 0 aliphatic rings. The van der Waals surface area contributed by atoms with Gasteiger partial charge in [0.1, 0.15) is 0 Å². The Kier molecular flexibility index (Phi) is 4.58. The van der Waals surface area contributed by atoms with E-state index in [-0.39, 0.29) is 5.92 Å². The van der Waals surface area contributed by atoms with Crippen molar-refractivity contribution in [2.75, 3.05) is 6.26 Å². The van der Waals surface area contributed by atoms with Crippen molar-refractivity contribution in [3.8, 4) is 0 Å². The van der Waals surface area contributed by atoms with E-state index in [0.29, 0.717) is 6.42 Å². The van der Waals surface area contributed by atoms with E-state index < -0.39 is 20.6 Å². The summed E-state index contributed by atoms with van der Waals surface area (Å²) in [7, 11) is -3.49. The van der Waals surface area contributed by atoms with Crippen LogP contribution in [0.3, 0.4) is 0 Å². The molecule has 0 saturated carbocycles. The topological polar surface area (TPSA) is 60.4 Å². The second-order valence-corrected chi connectivity index (χ2v) is 6.27. The van der Waals surface area contributed by atoms with Gasteiger partial charge in [0.2, 0.25) is 0 Å². The molecule has 2 unspecified atom stereocenters. The number of carbonyl (C=O) groups excluding carboxylic acids is 1. The van der Waals surface area contributed by atoms with E-state index in [1.165, 1.54) is 6.92 Å². The van der Waals surface area contributed by atoms with Crippen molar-refractivity contribution in [3.63, 3.8) is 0 Å². The summed E-state index contributed by atoms with van der Waals surface area (Å²) in [5, 5.41) is 0. The molecule has 0 aromatic rings. The van der Waals surface area contributed by atoms with Crippen LogP contribution >= 0.6 is 16.3 Å². The van der Waals surface area contributed by atoms with Crippen molar-refractivity contribution in [2.24, 2.45) is 5.92 Å². The zero-order chi connectivity index (χ0) is 11.6. The lowest BCUT2D eigenvalue weighted by molar-refractivity contribution is -0.136. The highest BCUT2D eigenvalue weighted by Crippen LogP contribution is 2.30. The summed E-state index contributed by atoms with van der Waals surface area (Å²) >= 11 is 2.53.